The van der Waals surface area contributed by atoms with Crippen molar-refractivity contribution < 1.29 is 0 Å². The Morgan fingerprint density at radius 3 is 3.27 bits per heavy atom. The van der Waals surface area contributed by atoms with E-state index in [2.05, 4.69) is 17.2 Å². The molecule has 0 atom stereocenters. The summed E-state index contributed by atoms with van der Waals surface area (Å²) in [4.78, 5) is 0. The van der Waals surface area contributed by atoms with Crippen molar-refractivity contribution in [3.8, 4) is 0 Å². The summed E-state index contributed by atoms with van der Waals surface area (Å²) in [6.45, 7) is 3.64. The van der Waals surface area contributed by atoms with Crippen LogP contribution in [0.2, 0.25) is 0 Å². The molecule has 2 nitrogen and oxygen atoms in total. The monoisotopic (exact) mass is 147 g/mol. The molecular formula is C9H11N2. The third-order valence-corrected chi connectivity index (χ3v) is 1.23. The molecule has 0 amide bonds. The van der Waals surface area contributed by atoms with Crippen molar-refractivity contribution in [2.75, 3.05) is 0 Å². The highest BCUT2D eigenvalue weighted by molar-refractivity contribution is 5.13. The van der Waals surface area contributed by atoms with E-state index in [1.54, 1.807) is 6.20 Å². The smallest absolute Gasteiger partial charge is 0.0600 e. The van der Waals surface area contributed by atoms with E-state index in [-0.39, 0.29) is 0 Å². The van der Waals surface area contributed by atoms with Crippen LogP contribution >= 0.6 is 0 Å². The van der Waals surface area contributed by atoms with Gasteiger partial charge in [-0.25, -0.2) is 0 Å². The first kappa shape index (κ1) is 7.66. The van der Waals surface area contributed by atoms with E-state index in [9.17, 15) is 0 Å². The summed E-state index contributed by atoms with van der Waals surface area (Å²) in [6.07, 6.45) is 11.9. The zero-order chi connectivity index (χ0) is 7.94. The molecule has 0 bridgehead atoms. The summed E-state index contributed by atoms with van der Waals surface area (Å²) in [5.74, 6) is 0. The normalized spacial score (nSPS) is 26.0. The van der Waals surface area contributed by atoms with E-state index in [1.165, 1.54) is 0 Å². The van der Waals surface area contributed by atoms with Gasteiger partial charge >= 0.3 is 0 Å². The Balaban J connectivity index is 2.57. The Bertz CT molecular complexity index is 212. The molecule has 0 aromatic rings. The van der Waals surface area contributed by atoms with Gasteiger partial charge in [-0.3, -0.25) is 5.32 Å². The second-order valence-corrected chi connectivity index (χ2v) is 2.12. The quantitative estimate of drug-likeness (QED) is 0.590. The molecule has 0 aliphatic carbocycles. The lowest BCUT2D eigenvalue weighted by Crippen LogP contribution is -2.03. The molecule has 1 radical (unpaired) electrons. The lowest BCUT2D eigenvalue weighted by Gasteiger charge is -2.02. The van der Waals surface area contributed by atoms with Crippen LogP contribution in [0.4, 0.5) is 0 Å². The van der Waals surface area contributed by atoms with Crippen LogP contribution in [-0.4, -0.2) is 0 Å². The molecule has 1 N–H and O–H groups in total. The topological polar surface area (TPSA) is 26.1 Å². The van der Waals surface area contributed by atoms with Gasteiger partial charge in [0.25, 0.3) is 0 Å². The average molecular weight is 147 g/mol. The lowest BCUT2D eigenvalue weighted by atomic mass is 10.3. The van der Waals surface area contributed by atoms with E-state index < -0.39 is 0 Å². The summed E-state index contributed by atoms with van der Waals surface area (Å²) in [6, 6.07) is 0. The fourth-order valence-corrected chi connectivity index (χ4v) is 0.741. The summed E-state index contributed by atoms with van der Waals surface area (Å²) in [7, 11) is 0. The first-order valence-electron chi connectivity index (χ1n) is 3.52. The Morgan fingerprint density at radius 2 is 2.45 bits per heavy atom. The molecule has 0 spiro atoms. The Morgan fingerprint density at radius 1 is 1.55 bits per heavy atom. The minimum atomic E-state index is 0.797. The highest BCUT2D eigenvalue weighted by atomic mass is 14.9. The van der Waals surface area contributed by atoms with Crippen LogP contribution in [0, 0.1) is 0 Å². The number of nitrogens with one attached hydrogen (secondary N) is 1. The molecule has 0 saturated carbocycles. The van der Waals surface area contributed by atoms with Crippen LogP contribution in [0.5, 0.6) is 0 Å². The maximum Gasteiger partial charge on any atom is 0.0600 e. The molecule has 57 valence electrons. The predicted molar refractivity (Wildman–Crippen MR) is 46.4 cm³/mol. The highest BCUT2D eigenvalue weighted by Crippen LogP contribution is 1.99. The first-order valence-corrected chi connectivity index (χ1v) is 3.52. The molecular weight excluding hydrogens is 136 g/mol. The standard InChI is InChI=1S/C9H11N2/c1-2-5-9-8-10-6-3-4-7-11-9/h2-4,6-8,10H,1,5H2/b6-3-,7-4-,9-8-. The van der Waals surface area contributed by atoms with Gasteiger partial charge in [0, 0.05) is 25.0 Å². The van der Waals surface area contributed by atoms with Crippen molar-refractivity contribution >= 4 is 0 Å². The van der Waals surface area contributed by atoms with Gasteiger partial charge in [0.05, 0.1) is 5.70 Å². The molecule has 1 heterocycles. The van der Waals surface area contributed by atoms with E-state index in [0.29, 0.717) is 0 Å². The molecule has 0 fully saturated rings. The number of rotatable bonds is 2. The summed E-state index contributed by atoms with van der Waals surface area (Å²) in [5, 5.41) is 7.16. The molecule has 0 aromatic heterocycles. The SMILES string of the molecule is C=CC/C1=C/N/C=C\C=C/[N]1. The molecule has 0 aromatic carbocycles. The number of nitrogens with zero attached hydrogens (tertiary/aromatic N) is 1. The number of hydrogen-bond acceptors (Lipinski definition) is 1. The van der Waals surface area contributed by atoms with Gasteiger partial charge in [-0.15, -0.1) is 6.58 Å². The Labute approximate surface area is 67.0 Å². The van der Waals surface area contributed by atoms with Gasteiger partial charge in [0.15, 0.2) is 0 Å². The predicted octanol–water partition coefficient (Wildman–Crippen LogP) is 1.64. The van der Waals surface area contributed by atoms with E-state index >= 15 is 0 Å². The number of allylic oxidation sites excluding steroid dienone is 3. The zero-order valence-electron chi connectivity index (χ0n) is 6.33. The zero-order valence-corrected chi connectivity index (χ0v) is 6.33. The van der Waals surface area contributed by atoms with E-state index in [4.69, 9.17) is 0 Å². The van der Waals surface area contributed by atoms with Gasteiger partial charge < -0.3 is 5.32 Å². The third kappa shape index (κ3) is 2.76. The summed E-state index contributed by atoms with van der Waals surface area (Å²) < 4.78 is 0. The molecule has 0 unspecified atom stereocenters. The van der Waals surface area contributed by atoms with Gasteiger partial charge in [-0.2, -0.15) is 0 Å². The third-order valence-electron chi connectivity index (χ3n) is 1.23. The van der Waals surface area contributed by atoms with Crippen LogP contribution in [-0.2, 0) is 0 Å². The van der Waals surface area contributed by atoms with Crippen molar-refractivity contribution in [3.05, 3.63) is 49.1 Å². The van der Waals surface area contributed by atoms with Crippen molar-refractivity contribution in [2.24, 2.45) is 0 Å². The largest absolute Gasteiger partial charge is 0.366 e. The van der Waals surface area contributed by atoms with E-state index in [0.717, 1.165) is 12.1 Å². The van der Waals surface area contributed by atoms with Crippen LogP contribution in [0.25, 0.3) is 0 Å². The second kappa shape index (κ2) is 4.39. The van der Waals surface area contributed by atoms with Gasteiger partial charge in [-0.1, -0.05) is 6.08 Å². The van der Waals surface area contributed by atoms with Crippen molar-refractivity contribution in [2.45, 2.75) is 6.42 Å². The molecule has 1 rings (SSSR count). The molecule has 1 aliphatic heterocycles. The van der Waals surface area contributed by atoms with Gasteiger partial charge in [0.2, 0.25) is 0 Å². The molecule has 11 heavy (non-hydrogen) atoms. The Kier molecular flexibility index (Phi) is 3.06. The highest BCUT2D eigenvalue weighted by Gasteiger charge is 1.91. The maximum absolute atomic E-state index is 4.17. The van der Waals surface area contributed by atoms with Crippen LogP contribution in [0.3, 0.4) is 0 Å². The van der Waals surface area contributed by atoms with Crippen molar-refractivity contribution in [1.82, 2.24) is 10.6 Å². The molecule has 1 aliphatic rings. The van der Waals surface area contributed by atoms with Gasteiger partial charge in [-0.05, 0) is 12.2 Å². The summed E-state index contributed by atoms with van der Waals surface area (Å²) >= 11 is 0. The van der Waals surface area contributed by atoms with Crippen LogP contribution < -0.4 is 10.6 Å². The lowest BCUT2D eigenvalue weighted by molar-refractivity contribution is 0.939. The van der Waals surface area contributed by atoms with Crippen molar-refractivity contribution in [3.63, 3.8) is 0 Å². The second-order valence-electron chi connectivity index (χ2n) is 2.12. The maximum atomic E-state index is 4.17. The minimum absolute atomic E-state index is 0.797. The summed E-state index contributed by atoms with van der Waals surface area (Å²) in [5.41, 5.74) is 0.987. The van der Waals surface area contributed by atoms with E-state index in [1.807, 2.05) is 30.6 Å². The minimum Gasteiger partial charge on any atom is -0.366 e. The van der Waals surface area contributed by atoms with Crippen molar-refractivity contribution in [1.29, 1.82) is 0 Å². The fourth-order valence-electron chi connectivity index (χ4n) is 0.741. The van der Waals surface area contributed by atoms with Gasteiger partial charge in [0.1, 0.15) is 0 Å². The van der Waals surface area contributed by atoms with Crippen LogP contribution in [0.15, 0.2) is 49.1 Å². The van der Waals surface area contributed by atoms with Crippen LogP contribution in [0.1, 0.15) is 6.42 Å². The fraction of sp³-hybridized carbons (Fsp3) is 0.111. The molecule has 2 heteroatoms. The number of hydrogen-bond donors (Lipinski definition) is 1. The Hall–Kier alpha value is -1.44. The average Bonchev–Trinajstić information content (AvgIpc) is 1.94. The molecule has 0 saturated heterocycles. The first-order chi connectivity index (χ1) is 5.43.